The fourth-order valence-corrected chi connectivity index (χ4v) is 7.32. The van der Waals surface area contributed by atoms with Crippen molar-refractivity contribution in [1.82, 2.24) is 0 Å². The molecule has 1 aliphatic rings. The molecule has 0 aliphatic carbocycles. The van der Waals surface area contributed by atoms with E-state index in [9.17, 15) is 9.00 Å². The van der Waals surface area contributed by atoms with Crippen LogP contribution in [-0.2, 0) is 20.3 Å². The number of unbranched alkanes of at least 4 members (excludes halogenated alkanes) is 2. The van der Waals surface area contributed by atoms with E-state index < -0.39 is 16.8 Å². The van der Waals surface area contributed by atoms with E-state index >= 15 is 0 Å². The van der Waals surface area contributed by atoms with Crippen LogP contribution in [0.3, 0.4) is 0 Å². The summed E-state index contributed by atoms with van der Waals surface area (Å²) in [5.41, 5.74) is 2.06. The molecule has 2 aromatic rings. The summed E-state index contributed by atoms with van der Waals surface area (Å²) < 4.78 is 24.9. The number of thioether (sulfide) groups is 1. The summed E-state index contributed by atoms with van der Waals surface area (Å²) in [6, 6.07) is 14.5. The van der Waals surface area contributed by atoms with Gasteiger partial charge in [0.05, 0.1) is 45.2 Å². The van der Waals surface area contributed by atoms with Gasteiger partial charge in [-0.15, -0.1) is 11.8 Å². The summed E-state index contributed by atoms with van der Waals surface area (Å²) in [6.45, 7) is 9.48. The summed E-state index contributed by atoms with van der Waals surface area (Å²) in [7, 11) is -1.19. The Morgan fingerprint density at radius 1 is 1.08 bits per heavy atom. The van der Waals surface area contributed by atoms with E-state index in [2.05, 4.69) is 56.0 Å². The molecule has 0 N–H and O–H groups in total. The van der Waals surface area contributed by atoms with E-state index in [-0.39, 0.29) is 5.41 Å². The van der Waals surface area contributed by atoms with Crippen LogP contribution in [0.25, 0.3) is 0 Å². The van der Waals surface area contributed by atoms with Gasteiger partial charge in [-0.1, -0.05) is 64.7 Å². The first-order valence-electron chi connectivity index (χ1n) is 13.5. The Balaban J connectivity index is 2.11. The molecular formula is C30H41NO4S2. The number of rotatable bonds is 13. The molecule has 0 spiro atoms. The van der Waals surface area contributed by atoms with Crippen LogP contribution in [0.1, 0.15) is 66.2 Å². The van der Waals surface area contributed by atoms with E-state index in [0.717, 1.165) is 72.0 Å². The van der Waals surface area contributed by atoms with E-state index in [1.54, 1.807) is 18.7 Å². The summed E-state index contributed by atoms with van der Waals surface area (Å²) >= 11 is 1.68. The number of anilines is 2. The van der Waals surface area contributed by atoms with E-state index in [0.29, 0.717) is 18.1 Å². The molecule has 3 rings (SSSR count). The van der Waals surface area contributed by atoms with E-state index in [1.165, 1.54) is 12.3 Å². The van der Waals surface area contributed by atoms with Crippen LogP contribution in [0.2, 0.25) is 0 Å². The maximum absolute atomic E-state index is 14.0. The highest BCUT2D eigenvalue weighted by Crippen LogP contribution is 2.47. The zero-order valence-electron chi connectivity index (χ0n) is 22.7. The minimum Gasteiger partial charge on any atom is -0.464 e. The van der Waals surface area contributed by atoms with Crippen LogP contribution in [0.4, 0.5) is 11.4 Å². The number of carbonyl (C=O) groups is 1. The highest BCUT2D eigenvalue weighted by molar-refractivity contribution is 7.99. The van der Waals surface area contributed by atoms with Gasteiger partial charge in [-0.25, -0.2) is 4.79 Å². The number of benzene rings is 2. The Hall–Kier alpha value is -2.25. The number of nitrogens with zero attached hydrogens (tertiary/aromatic N) is 1. The van der Waals surface area contributed by atoms with E-state index in [4.69, 9.17) is 9.47 Å². The molecule has 7 heteroatoms. The third-order valence-corrected chi connectivity index (χ3v) is 9.28. The molecule has 37 heavy (non-hydrogen) atoms. The number of fused-ring (bicyclic) bond motifs is 1. The second kappa shape index (κ2) is 14.6. The quantitative estimate of drug-likeness (QED) is 0.111. The molecule has 1 atom stereocenters. The van der Waals surface area contributed by atoms with Gasteiger partial charge in [0, 0.05) is 29.5 Å². The second-order valence-corrected chi connectivity index (χ2v) is 12.2. The zero-order chi connectivity index (χ0) is 26.7. The Labute approximate surface area is 229 Å². The standard InChI is InChI=1S/C30H41NO4S2/c1-5-9-17-30(18-10-6-2)22-31(24-14-12-11-13-15-24)25-20-27(36-8-4)26(21-28(25)37(33)23-30)35-19-16-29(32)34-7-3/h11-16,19-21H,5-10,17-18,22-23H2,1-4H3/b19-16+. The van der Waals surface area contributed by atoms with Gasteiger partial charge in [-0.2, -0.15) is 0 Å². The summed E-state index contributed by atoms with van der Waals surface area (Å²) in [5, 5.41) is 0. The van der Waals surface area contributed by atoms with Crippen LogP contribution < -0.4 is 9.64 Å². The molecule has 202 valence electrons. The van der Waals surface area contributed by atoms with Gasteiger partial charge >= 0.3 is 5.97 Å². The lowest BCUT2D eigenvalue weighted by Gasteiger charge is -2.37. The van der Waals surface area contributed by atoms with Gasteiger partial charge in [0.25, 0.3) is 0 Å². The van der Waals surface area contributed by atoms with Crippen LogP contribution in [0.15, 0.2) is 64.6 Å². The van der Waals surface area contributed by atoms with Gasteiger partial charge in [-0.05, 0) is 43.7 Å². The third-order valence-electron chi connectivity index (χ3n) is 6.67. The number of hydrogen-bond acceptors (Lipinski definition) is 6. The highest BCUT2D eigenvalue weighted by atomic mass is 32.2. The first-order chi connectivity index (χ1) is 18.0. The molecule has 1 unspecified atom stereocenters. The smallest absolute Gasteiger partial charge is 0.333 e. The minimum absolute atomic E-state index is 0.0331. The number of para-hydroxylation sites is 1. The largest absolute Gasteiger partial charge is 0.464 e. The summed E-state index contributed by atoms with van der Waals surface area (Å²) in [5.74, 6) is 1.67. The molecule has 0 bridgehead atoms. The molecule has 0 saturated carbocycles. The van der Waals surface area contributed by atoms with Crippen molar-refractivity contribution in [3.05, 3.63) is 54.8 Å². The van der Waals surface area contributed by atoms with Crippen molar-refractivity contribution in [2.24, 2.45) is 5.41 Å². The lowest BCUT2D eigenvalue weighted by Crippen LogP contribution is -2.37. The molecular weight excluding hydrogens is 502 g/mol. The van der Waals surface area contributed by atoms with Crippen molar-refractivity contribution < 1.29 is 18.5 Å². The monoisotopic (exact) mass is 543 g/mol. The fourth-order valence-electron chi connectivity index (χ4n) is 4.83. The first kappa shape index (κ1) is 29.3. The average Bonchev–Trinajstić information content (AvgIpc) is 3.01. The molecule has 0 radical (unpaired) electrons. The Bertz CT molecular complexity index is 1060. The Kier molecular flexibility index (Phi) is 11.6. The second-order valence-electron chi connectivity index (χ2n) is 9.49. The van der Waals surface area contributed by atoms with Gasteiger partial charge in [0.1, 0.15) is 5.75 Å². The van der Waals surface area contributed by atoms with Crippen molar-refractivity contribution in [1.29, 1.82) is 0 Å². The average molecular weight is 544 g/mol. The molecule has 0 saturated heterocycles. The number of ether oxygens (including phenoxy) is 2. The highest BCUT2D eigenvalue weighted by Gasteiger charge is 2.39. The van der Waals surface area contributed by atoms with Crippen molar-refractivity contribution >= 4 is 39.9 Å². The molecule has 2 aromatic carbocycles. The molecule has 1 aliphatic heterocycles. The van der Waals surface area contributed by atoms with E-state index in [1.807, 2.05) is 12.1 Å². The van der Waals surface area contributed by atoms with Crippen LogP contribution in [0, 0.1) is 5.41 Å². The SMILES string of the molecule is CCCCC1(CCCC)CN(c2ccccc2)c2cc(SCC)c(O/C=C/C(=O)OCC)cc2S(=O)C1. The van der Waals surface area contributed by atoms with Crippen molar-refractivity contribution in [3.63, 3.8) is 0 Å². The number of esters is 1. The zero-order valence-corrected chi connectivity index (χ0v) is 24.3. The minimum atomic E-state index is -1.19. The third kappa shape index (κ3) is 7.87. The van der Waals surface area contributed by atoms with Crippen molar-refractivity contribution in [2.45, 2.75) is 76.0 Å². The maximum atomic E-state index is 14.0. The molecule has 0 aromatic heterocycles. The molecule has 0 amide bonds. The van der Waals surface area contributed by atoms with Gasteiger partial charge in [-0.3, -0.25) is 4.21 Å². The topological polar surface area (TPSA) is 55.8 Å². The van der Waals surface area contributed by atoms with Gasteiger partial charge in [0.2, 0.25) is 0 Å². The lowest BCUT2D eigenvalue weighted by molar-refractivity contribution is -0.137. The summed E-state index contributed by atoms with van der Waals surface area (Å²) in [4.78, 5) is 15.9. The van der Waals surface area contributed by atoms with Gasteiger partial charge in [0.15, 0.2) is 0 Å². The van der Waals surface area contributed by atoms with Crippen molar-refractivity contribution in [2.75, 3.05) is 29.6 Å². The normalized spacial score (nSPS) is 16.9. The van der Waals surface area contributed by atoms with Crippen LogP contribution in [-0.4, -0.2) is 34.8 Å². The number of hydrogen-bond donors (Lipinski definition) is 0. The molecule has 5 nitrogen and oxygen atoms in total. The lowest BCUT2D eigenvalue weighted by atomic mass is 9.79. The predicted octanol–water partition coefficient (Wildman–Crippen LogP) is 7.88. The Morgan fingerprint density at radius 2 is 1.78 bits per heavy atom. The fraction of sp³-hybridized carbons (Fsp3) is 0.500. The van der Waals surface area contributed by atoms with Crippen molar-refractivity contribution in [3.8, 4) is 5.75 Å². The first-order valence-corrected chi connectivity index (χ1v) is 15.8. The molecule has 1 heterocycles. The predicted molar refractivity (Wildman–Crippen MR) is 155 cm³/mol. The number of carbonyl (C=O) groups excluding carboxylic acids is 1. The Morgan fingerprint density at radius 3 is 2.41 bits per heavy atom. The maximum Gasteiger partial charge on any atom is 0.333 e. The van der Waals surface area contributed by atoms with Crippen LogP contribution in [0.5, 0.6) is 5.75 Å². The van der Waals surface area contributed by atoms with Gasteiger partial charge < -0.3 is 14.4 Å². The van der Waals surface area contributed by atoms with Crippen LogP contribution >= 0.6 is 11.8 Å². The summed E-state index contributed by atoms with van der Waals surface area (Å²) in [6.07, 6.45) is 9.28. The molecule has 0 fully saturated rings.